The number of carbonyl (C=O) groups is 1. The topological polar surface area (TPSA) is 78.3 Å². The van der Waals surface area contributed by atoms with Crippen molar-refractivity contribution < 1.29 is 14.3 Å². The second kappa shape index (κ2) is 8.00. The summed E-state index contributed by atoms with van der Waals surface area (Å²) in [4.78, 5) is 21.3. The summed E-state index contributed by atoms with van der Waals surface area (Å²) in [6.07, 6.45) is 3.64. The molecule has 0 spiro atoms. The third-order valence-corrected chi connectivity index (χ3v) is 6.53. The Labute approximate surface area is 181 Å². The minimum atomic E-state index is -0.103. The SMILES string of the molecule is Cc1ccc2nc(NC(=O)CSc3nccn3Cc3ccc4c(c3)OCO4)sc2c1. The lowest BCUT2D eigenvalue weighted by molar-refractivity contribution is -0.113. The first-order chi connectivity index (χ1) is 14.6. The van der Waals surface area contributed by atoms with Crippen molar-refractivity contribution in [1.29, 1.82) is 0 Å². The molecule has 0 fully saturated rings. The number of aryl methyl sites for hydroxylation is 1. The molecule has 0 bridgehead atoms. The molecule has 0 unspecified atom stereocenters. The monoisotopic (exact) mass is 438 g/mol. The molecule has 2 aromatic carbocycles. The average molecular weight is 439 g/mol. The van der Waals surface area contributed by atoms with Crippen LogP contribution in [0.4, 0.5) is 5.13 Å². The van der Waals surface area contributed by atoms with Crippen molar-refractivity contribution in [2.24, 2.45) is 0 Å². The van der Waals surface area contributed by atoms with E-state index in [1.165, 1.54) is 28.7 Å². The highest BCUT2D eigenvalue weighted by atomic mass is 32.2. The smallest absolute Gasteiger partial charge is 0.236 e. The number of thiazole rings is 1. The molecule has 1 aliphatic rings. The minimum Gasteiger partial charge on any atom is -0.454 e. The van der Waals surface area contributed by atoms with Crippen molar-refractivity contribution in [2.75, 3.05) is 17.9 Å². The van der Waals surface area contributed by atoms with Gasteiger partial charge in [-0.25, -0.2) is 9.97 Å². The van der Waals surface area contributed by atoms with Crippen LogP contribution in [0.1, 0.15) is 11.1 Å². The quantitative estimate of drug-likeness (QED) is 0.452. The normalized spacial score (nSPS) is 12.4. The van der Waals surface area contributed by atoms with Gasteiger partial charge in [0, 0.05) is 18.9 Å². The molecule has 3 heterocycles. The third kappa shape index (κ3) is 3.99. The molecule has 7 nitrogen and oxygen atoms in total. The first-order valence-electron chi connectivity index (χ1n) is 9.33. The molecule has 1 aliphatic heterocycles. The maximum atomic E-state index is 12.4. The summed E-state index contributed by atoms with van der Waals surface area (Å²) in [6, 6.07) is 11.9. The zero-order valence-electron chi connectivity index (χ0n) is 16.1. The van der Waals surface area contributed by atoms with Crippen molar-refractivity contribution in [3.8, 4) is 11.5 Å². The number of imidazole rings is 1. The highest BCUT2D eigenvalue weighted by molar-refractivity contribution is 7.99. The van der Waals surface area contributed by atoms with Gasteiger partial charge in [0.15, 0.2) is 21.8 Å². The summed E-state index contributed by atoms with van der Waals surface area (Å²) in [5.41, 5.74) is 3.15. The van der Waals surface area contributed by atoms with E-state index in [4.69, 9.17) is 9.47 Å². The Morgan fingerprint density at radius 1 is 1.23 bits per heavy atom. The number of ether oxygens (including phenoxy) is 2. The first-order valence-corrected chi connectivity index (χ1v) is 11.1. The fourth-order valence-corrected chi connectivity index (χ4v) is 4.90. The molecule has 0 radical (unpaired) electrons. The van der Waals surface area contributed by atoms with Crippen LogP contribution in [0.3, 0.4) is 0 Å². The third-order valence-electron chi connectivity index (χ3n) is 4.59. The number of benzene rings is 2. The van der Waals surface area contributed by atoms with E-state index in [1.54, 1.807) is 6.20 Å². The van der Waals surface area contributed by atoms with Crippen LogP contribution in [0.25, 0.3) is 10.2 Å². The van der Waals surface area contributed by atoms with E-state index in [-0.39, 0.29) is 18.5 Å². The number of thioether (sulfide) groups is 1. The van der Waals surface area contributed by atoms with Gasteiger partial charge in [-0.05, 0) is 42.3 Å². The number of nitrogens with one attached hydrogen (secondary N) is 1. The van der Waals surface area contributed by atoms with Crippen LogP contribution in [0.5, 0.6) is 11.5 Å². The van der Waals surface area contributed by atoms with Gasteiger partial charge in [-0.15, -0.1) is 0 Å². The fraction of sp³-hybridized carbons (Fsp3) is 0.190. The summed E-state index contributed by atoms with van der Waals surface area (Å²) in [7, 11) is 0. The van der Waals surface area contributed by atoms with Gasteiger partial charge in [-0.1, -0.05) is 35.2 Å². The van der Waals surface area contributed by atoms with Crippen LogP contribution in [0, 0.1) is 6.92 Å². The molecule has 30 heavy (non-hydrogen) atoms. The van der Waals surface area contributed by atoms with Crippen LogP contribution in [-0.4, -0.2) is 33.0 Å². The van der Waals surface area contributed by atoms with Crippen LogP contribution >= 0.6 is 23.1 Å². The predicted octanol–water partition coefficient (Wildman–Crippen LogP) is 4.31. The van der Waals surface area contributed by atoms with Gasteiger partial charge in [0.2, 0.25) is 12.7 Å². The van der Waals surface area contributed by atoms with Gasteiger partial charge < -0.3 is 19.4 Å². The van der Waals surface area contributed by atoms with Gasteiger partial charge in [-0.2, -0.15) is 0 Å². The highest BCUT2D eigenvalue weighted by Gasteiger charge is 2.15. The second-order valence-electron chi connectivity index (χ2n) is 6.85. The first kappa shape index (κ1) is 19.0. The number of hydrogen-bond donors (Lipinski definition) is 1. The summed E-state index contributed by atoms with van der Waals surface area (Å²) in [5.74, 6) is 1.67. The number of rotatable bonds is 6. The van der Waals surface area contributed by atoms with Crippen LogP contribution in [-0.2, 0) is 11.3 Å². The summed E-state index contributed by atoms with van der Waals surface area (Å²) in [5, 5.41) is 4.29. The number of amides is 1. The standard InChI is InChI=1S/C21H18N4O3S2/c1-13-2-4-15-18(8-13)30-20(23-15)24-19(26)11-29-21-22-6-7-25(21)10-14-3-5-16-17(9-14)28-12-27-16/h2-9H,10-12H2,1H3,(H,23,24,26). The molecular formula is C21H18N4O3S2. The Morgan fingerprint density at radius 3 is 3.07 bits per heavy atom. The van der Waals surface area contributed by atoms with Crippen molar-refractivity contribution in [3.63, 3.8) is 0 Å². The van der Waals surface area contributed by atoms with Crippen LogP contribution in [0.15, 0.2) is 53.9 Å². The summed E-state index contributed by atoms with van der Waals surface area (Å²) >= 11 is 2.88. The Balaban J connectivity index is 1.21. The molecule has 1 amide bonds. The van der Waals surface area contributed by atoms with Crippen molar-refractivity contribution >= 4 is 44.4 Å². The fourth-order valence-electron chi connectivity index (χ4n) is 3.16. The van der Waals surface area contributed by atoms with E-state index < -0.39 is 0 Å². The maximum absolute atomic E-state index is 12.4. The average Bonchev–Trinajstić information content (AvgIpc) is 3.45. The number of aromatic nitrogens is 3. The number of fused-ring (bicyclic) bond motifs is 2. The van der Waals surface area contributed by atoms with E-state index >= 15 is 0 Å². The van der Waals surface area contributed by atoms with Gasteiger partial charge in [-0.3, -0.25) is 4.79 Å². The molecule has 152 valence electrons. The Hall–Kier alpha value is -3.04. The van der Waals surface area contributed by atoms with Crippen molar-refractivity contribution in [2.45, 2.75) is 18.6 Å². The van der Waals surface area contributed by atoms with Gasteiger partial charge in [0.1, 0.15) is 0 Å². The van der Waals surface area contributed by atoms with Crippen molar-refractivity contribution in [1.82, 2.24) is 14.5 Å². The molecule has 0 saturated carbocycles. The molecule has 0 aliphatic carbocycles. The zero-order chi connectivity index (χ0) is 20.5. The molecule has 2 aromatic heterocycles. The van der Waals surface area contributed by atoms with E-state index in [2.05, 4.69) is 21.4 Å². The number of hydrogen-bond acceptors (Lipinski definition) is 7. The maximum Gasteiger partial charge on any atom is 0.236 e. The van der Waals surface area contributed by atoms with Crippen LogP contribution in [0.2, 0.25) is 0 Å². The number of carbonyl (C=O) groups excluding carboxylic acids is 1. The molecule has 0 atom stereocenters. The lowest BCUT2D eigenvalue weighted by Gasteiger charge is -2.08. The largest absolute Gasteiger partial charge is 0.454 e. The zero-order valence-corrected chi connectivity index (χ0v) is 17.8. The minimum absolute atomic E-state index is 0.103. The molecular weight excluding hydrogens is 420 g/mol. The summed E-state index contributed by atoms with van der Waals surface area (Å²) in [6.45, 7) is 2.94. The van der Waals surface area contributed by atoms with E-state index in [0.29, 0.717) is 11.7 Å². The van der Waals surface area contributed by atoms with Gasteiger partial charge >= 0.3 is 0 Å². The Morgan fingerprint density at radius 2 is 2.13 bits per heavy atom. The van der Waals surface area contributed by atoms with E-state index in [9.17, 15) is 4.79 Å². The number of anilines is 1. The molecule has 9 heteroatoms. The lowest BCUT2D eigenvalue weighted by atomic mass is 10.2. The predicted molar refractivity (Wildman–Crippen MR) is 118 cm³/mol. The highest BCUT2D eigenvalue weighted by Crippen LogP contribution is 2.33. The second-order valence-corrected chi connectivity index (χ2v) is 8.83. The summed E-state index contributed by atoms with van der Waals surface area (Å²) < 4.78 is 13.9. The molecule has 5 rings (SSSR count). The Bertz CT molecular complexity index is 1230. The Kier molecular flexibility index (Phi) is 5.06. The van der Waals surface area contributed by atoms with Crippen LogP contribution < -0.4 is 14.8 Å². The molecule has 0 saturated heterocycles. The van der Waals surface area contributed by atoms with Gasteiger partial charge in [0.05, 0.1) is 16.0 Å². The lowest BCUT2D eigenvalue weighted by Crippen LogP contribution is -2.14. The van der Waals surface area contributed by atoms with Crippen molar-refractivity contribution in [3.05, 3.63) is 59.9 Å². The van der Waals surface area contributed by atoms with Gasteiger partial charge in [0.25, 0.3) is 0 Å². The molecule has 4 aromatic rings. The molecule has 1 N–H and O–H groups in total. The number of nitrogens with zero attached hydrogens (tertiary/aromatic N) is 3. The van der Waals surface area contributed by atoms with E-state index in [1.807, 2.05) is 48.0 Å². The van der Waals surface area contributed by atoms with E-state index in [0.717, 1.165) is 32.4 Å².